The van der Waals surface area contributed by atoms with E-state index < -0.39 is 6.04 Å². The standard InChI is InChI=1S/C22H25Cl3N2O2/c1-14(2)12-26-22(29)15(3)27(13-17-5-4-6-18(23)9-17)21(28)11-16-7-8-19(24)20(25)10-16/h4-10,14-15H,11-13H2,1-3H3,(H,26,29)/t15-/m0/s1. The van der Waals surface area contributed by atoms with Crippen LogP contribution in [0.25, 0.3) is 0 Å². The summed E-state index contributed by atoms with van der Waals surface area (Å²) in [5, 5.41) is 4.30. The van der Waals surface area contributed by atoms with Gasteiger partial charge in [-0.15, -0.1) is 0 Å². The van der Waals surface area contributed by atoms with Crippen LogP contribution in [0, 0.1) is 5.92 Å². The second-order valence-electron chi connectivity index (χ2n) is 7.39. The molecule has 4 nitrogen and oxygen atoms in total. The van der Waals surface area contributed by atoms with Crippen LogP contribution in [-0.2, 0) is 22.6 Å². The Kier molecular flexibility index (Phi) is 8.81. The van der Waals surface area contributed by atoms with Gasteiger partial charge in [-0.25, -0.2) is 0 Å². The van der Waals surface area contributed by atoms with Gasteiger partial charge in [0, 0.05) is 18.1 Å². The van der Waals surface area contributed by atoms with Crippen LogP contribution >= 0.6 is 34.8 Å². The molecule has 7 heteroatoms. The fourth-order valence-corrected chi connectivity index (χ4v) is 3.33. The van der Waals surface area contributed by atoms with Crippen molar-refractivity contribution >= 4 is 46.6 Å². The number of hydrogen-bond acceptors (Lipinski definition) is 2. The van der Waals surface area contributed by atoms with Gasteiger partial charge in [0.2, 0.25) is 11.8 Å². The summed E-state index contributed by atoms with van der Waals surface area (Å²) in [6.45, 7) is 6.59. The number of halogens is 3. The fourth-order valence-electron chi connectivity index (χ4n) is 2.79. The van der Waals surface area contributed by atoms with Gasteiger partial charge in [-0.05, 0) is 48.2 Å². The molecule has 0 aliphatic heterocycles. The van der Waals surface area contributed by atoms with Crippen molar-refractivity contribution in [3.8, 4) is 0 Å². The highest BCUT2D eigenvalue weighted by atomic mass is 35.5. The minimum absolute atomic E-state index is 0.110. The molecule has 2 aromatic carbocycles. The van der Waals surface area contributed by atoms with Crippen LogP contribution in [0.4, 0.5) is 0 Å². The van der Waals surface area contributed by atoms with E-state index in [2.05, 4.69) is 5.32 Å². The zero-order chi connectivity index (χ0) is 21.6. The Balaban J connectivity index is 2.23. The third-order valence-electron chi connectivity index (χ3n) is 4.43. The second kappa shape index (κ2) is 10.9. The van der Waals surface area contributed by atoms with Crippen molar-refractivity contribution in [2.24, 2.45) is 5.92 Å². The Labute approximate surface area is 187 Å². The molecule has 0 spiro atoms. The molecule has 29 heavy (non-hydrogen) atoms. The third kappa shape index (κ3) is 7.22. The fraction of sp³-hybridized carbons (Fsp3) is 0.364. The normalized spacial score (nSPS) is 12.0. The average Bonchev–Trinajstić information content (AvgIpc) is 2.66. The van der Waals surface area contributed by atoms with Crippen molar-refractivity contribution in [1.29, 1.82) is 0 Å². The predicted molar refractivity (Wildman–Crippen MR) is 119 cm³/mol. The summed E-state index contributed by atoms with van der Waals surface area (Å²) < 4.78 is 0. The van der Waals surface area contributed by atoms with Crippen LogP contribution in [0.1, 0.15) is 31.9 Å². The lowest BCUT2D eigenvalue weighted by atomic mass is 10.1. The summed E-state index contributed by atoms with van der Waals surface area (Å²) in [4.78, 5) is 27.3. The first-order chi connectivity index (χ1) is 13.7. The van der Waals surface area contributed by atoms with Crippen molar-refractivity contribution in [2.45, 2.75) is 39.8 Å². The van der Waals surface area contributed by atoms with E-state index in [0.717, 1.165) is 11.1 Å². The van der Waals surface area contributed by atoms with E-state index >= 15 is 0 Å². The van der Waals surface area contributed by atoms with Gasteiger partial charge in [-0.1, -0.05) is 66.8 Å². The van der Waals surface area contributed by atoms with E-state index in [1.54, 1.807) is 42.2 Å². The van der Waals surface area contributed by atoms with Crippen LogP contribution in [0.15, 0.2) is 42.5 Å². The molecule has 2 amide bonds. The summed E-state index contributed by atoms with van der Waals surface area (Å²) >= 11 is 18.1. The lowest BCUT2D eigenvalue weighted by Crippen LogP contribution is -2.48. The molecule has 0 aliphatic rings. The first kappa shape index (κ1) is 23.5. The van der Waals surface area contributed by atoms with E-state index in [9.17, 15) is 9.59 Å². The Morgan fingerprint density at radius 2 is 1.69 bits per heavy atom. The summed E-state index contributed by atoms with van der Waals surface area (Å²) in [7, 11) is 0. The molecule has 0 bridgehead atoms. The molecule has 0 radical (unpaired) electrons. The van der Waals surface area contributed by atoms with E-state index in [1.807, 2.05) is 26.0 Å². The van der Waals surface area contributed by atoms with E-state index in [0.29, 0.717) is 27.5 Å². The van der Waals surface area contributed by atoms with E-state index in [4.69, 9.17) is 34.8 Å². The summed E-state index contributed by atoms with van der Waals surface area (Å²) in [5.41, 5.74) is 1.58. The van der Waals surface area contributed by atoms with E-state index in [-0.39, 0.29) is 24.8 Å². The maximum Gasteiger partial charge on any atom is 0.242 e. The van der Waals surface area contributed by atoms with Crippen LogP contribution in [0.5, 0.6) is 0 Å². The zero-order valence-corrected chi connectivity index (χ0v) is 19.0. The van der Waals surface area contributed by atoms with Gasteiger partial charge in [-0.3, -0.25) is 9.59 Å². The molecule has 2 aromatic rings. The Hall–Kier alpha value is -1.75. The largest absolute Gasteiger partial charge is 0.354 e. The van der Waals surface area contributed by atoms with Crippen LogP contribution in [-0.4, -0.2) is 29.3 Å². The quantitative estimate of drug-likeness (QED) is 0.581. The highest BCUT2D eigenvalue weighted by Crippen LogP contribution is 2.23. The number of rotatable bonds is 8. The third-order valence-corrected chi connectivity index (χ3v) is 5.41. The Morgan fingerprint density at radius 3 is 2.31 bits per heavy atom. The number of hydrogen-bond donors (Lipinski definition) is 1. The first-order valence-electron chi connectivity index (χ1n) is 9.43. The molecule has 156 valence electrons. The highest BCUT2D eigenvalue weighted by Gasteiger charge is 2.26. The van der Waals surface area contributed by atoms with Gasteiger partial charge >= 0.3 is 0 Å². The minimum atomic E-state index is -0.636. The molecule has 0 heterocycles. The maximum absolute atomic E-state index is 13.1. The van der Waals surface area contributed by atoms with Crippen LogP contribution < -0.4 is 5.32 Å². The molecule has 0 saturated heterocycles. The number of nitrogens with zero attached hydrogens (tertiary/aromatic N) is 1. The summed E-state index contributed by atoms with van der Waals surface area (Å²) in [5.74, 6) is -0.0572. The number of nitrogens with one attached hydrogen (secondary N) is 1. The SMILES string of the molecule is CC(C)CNC(=O)[C@H](C)N(Cc1cccc(Cl)c1)C(=O)Cc1ccc(Cl)c(Cl)c1. The number of carbonyl (C=O) groups excluding carboxylic acids is 2. The van der Waals surface area contributed by atoms with Crippen molar-refractivity contribution in [1.82, 2.24) is 10.2 Å². The van der Waals surface area contributed by atoms with Gasteiger partial charge < -0.3 is 10.2 Å². The first-order valence-corrected chi connectivity index (χ1v) is 10.6. The molecule has 0 saturated carbocycles. The lowest BCUT2D eigenvalue weighted by Gasteiger charge is -2.29. The number of carbonyl (C=O) groups is 2. The van der Waals surface area contributed by atoms with E-state index in [1.165, 1.54) is 0 Å². The molecule has 0 unspecified atom stereocenters. The molecule has 1 N–H and O–H groups in total. The van der Waals surface area contributed by atoms with Gasteiger partial charge in [0.05, 0.1) is 16.5 Å². The van der Waals surface area contributed by atoms with Crippen molar-refractivity contribution < 1.29 is 9.59 Å². The molecule has 2 rings (SSSR count). The summed E-state index contributed by atoms with van der Waals surface area (Å²) in [6, 6.07) is 11.7. The monoisotopic (exact) mass is 454 g/mol. The smallest absolute Gasteiger partial charge is 0.242 e. The average molecular weight is 456 g/mol. The predicted octanol–water partition coefficient (Wildman–Crippen LogP) is 5.38. The molecule has 0 aromatic heterocycles. The molecule has 0 aliphatic carbocycles. The summed E-state index contributed by atoms with van der Waals surface area (Å²) in [6.07, 6.45) is 0.110. The van der Waals surface area contributed by atoms with Crippen LogP contribution in [0.3, 0.4) is 0 Å². The second-order valence-corrected chi connectivity index (χ2v) is 8.64. The molecular formula is C22H25Cl3N2O2. The van der Waals surface area contributed by atoms with Crippen molar-refractivity contribution in [2.75, 3.05) is 6.54 Å². The topological polar surface area (TPSA) is 49.4 Å². The Bertz CT molecular complexity index is 871. The van der Waals surface area contributed by atoms with Gasteiger partial charge in [-0.2, -0.15) is 0 Å². The number of amides is 2. The molecule has 0 fully saturated rings. The lowest BCUT2D eigenvalue weighted by molar-refractivity contribution is -0.140. The van der Waals surface area contributed by atoms with Crippen molar-refractivity contribution in [3.05, 3.63) is 68.7 Å². The van der Waals surface area contributed by atoms with Gasteiger partial charge in [0.1, 0.15) is 6.04 Å². The Morgan fingerprint density at radius 1 is 0.966 bits per heavy atom. The minimum Gasteiger partial charge on any atom is -0.354 e. The molecular weight excluding hydrogens is 431 g/mol. The van der Waals surface area contributed by atoms with Crippen molar-refractivity contribution in [3.63, 3.8) is 0 Å². The van der Waals surface area contributed by atoms with Gasteiger partial charge in [0.15, 0.2) is 0 Å². The zero-order valence-electron chi connectivity index (χ0n) is 16.7. The molecule has 1 atom stereocenters. The maximum atomic E-state index is 13.1. The highest BCUT2D eigenvalue weighted by molar-refractivity contribution is 6.42. The van der Waals surface area contributed by atoms with Gasteiger partial charge in [0.25, 0.3) is 0 Å². The number of benzene rings is 2. The van der Waals surface area contributed by atoms with Crippen LogP contribution in [0.2, 0.25) is 15.1 Å².